The predicted octanol–water partition coefficient (Wildman–Crippen LogP) is 4.61. The monoisotopic (exact) mass is 462 g/mol. The number of hydrogen-bond donors (Lipinski definition) is 1. The van der Waals surface area contributed by atoms with Gasteiger partial charge in [0.05, 0.1) is 10.9 Å². The molecule has 6 heteroatoms. The number of benzene rings is 3. The van der Waals surface area contributed by atoms with E-state index in [-0.39, 0.29) is 17.9 Å². The van der Waals surface area contributed by atoms with Crippen molar-refractivity contribution in [1.82, 2.24) is 9.62 Å². The number of carbonyl (C=O) groups is 1. The summed E-state index contributed by atoms with van der Waals surface area (Å²) in [7, 11) is -3.54. The van der Waals surface area contributed by atoms with E-state index in [1.807, 2.05) is 80.6 Å². The lowest BCUT2D eigenvalue weighted by atomic mass is 9.92. The molecule has 1 atom stereocenters. The van der Waals surface area contributed by atoms with Crippen molar-refractivity contribution in [2.45, 2.75) is 37.6 Å². The van der Waals surface area contributed by atoms with Crippen molar-refractivity contribution < 1.29 is 13.2 Å². The van der Waals surface area contributed by atoms with E-state index in [0.29, 0.717) is 30.8 Å². The largest absolute Gasteiger partial charge is 0.345 e. The summed E-state index contributed by atoms with van der Waals surface area (Å²) >= 11 is 0. The standard InChI is InChI=1S/C27H30N2O3S/c1-20-12-14-24(15-13-20)33(31,32)29-18-16-23(17-19-29)27(30)28-26(22-9-4-3-5-10-22)25-11-7-6-8-21(25)2/h3-15,23,26H,16-19H2,1-2H3,(H,28,30)/t26-/m0/s1. The molecule has 3 aromatic carbocycles. The molecule has 1 aliphatic rings. The quantitative estimate of drug-likeness (QED) is 0.582. The zero-order chi connectivity index (χ0) is 23.4. The second-order valence-electron chi connectivity index (χ2n) is 8.70. The number of amides is 1. The maximum atomic E-state index is 13.3. The van der Waals surface area contributed by atoms with Crippen molar-refractivity contribution >= 4 is 15.9 Å². The molecule has 1 aliphatic heterocycles. The Hall–Kier alpha value is -2.96. The van der Waals surface area contributed by atoms with Crippen molar-refractivity contribution in [3.63, 3.8) is 0 Å². The molecule has 0 spiro atoms. The van der Waals surface area contributed by atoms with Gasteiger partial charge >= 0.3 is 0 Å². The fourth-order valence-electron chi connectivity index (χ4n) is 4.37. The highest BCUT2D eigenvalue weighted by Gasteiger charge is 2.33. The summed E-state index contributed by atoms with van der Waals surface area (Å²) < 4.78 is 27.5. The van der Waals surface area contributed by atoms with Crippen LogP contribution in [-0.2, 0) is 14.8 Å². The van der Waals surface area contributed by atoms with Crippen LogP contribution in [0, 0.1) is 19.8 Å². The first-order valence-electron chi connectivity index (χ1n) is 11.3. The number of carbonyl (C=O) groups excluding carboxylic acids is 1. The van der Waals surface area contributed by atoms with Crippen LogP contribution in [0.2, 0.25) is 0 Å². The molecular formula is C27H30N2O3S. The second kappa shape index (κ2) is 9.89. The van der Waals surface area contributed by atoms with Crippen molar-refractivity contribution in [1.29, 1.82) is 0 Å². The van der Waals surface area contributed by atoms with Gasteiger partial charge in [-0.1, -0.05) is 72.3 Å². The lowest BCUT2D eigenvalue weighted by molar-refractivity contribution is -0.126. The number of aryl methyl sites for hydroxylation is 2. The first kappa shape index (κ1) is 23.2. The fourth-order valence-corrected chi connectivity index (χ4v) is 5.84. The van der Waals surface area contributed by atoms with Gasteiger partial charge < -0.3 is 5.32 Å². The SMILES string of the molecule is Cc1ccc(S(=O)(=O)N2CCC(C(=O)N[C@@H](c3ccccc3)c3ccccc3C)CC2)cc1. The van der Waals surface area contributed by atoms with Crippen LogP contribution in [0.5, 0.6) is 0 Å². The lowest BCUT2D eigenvalue weighted by Crippen LogP contribution is -2.43. The van der Waals surface area contributed by atoms with Gasteiger partial charge in [0.25, 0.3) is 0 Å². The maximum Gasteiger partial charge on any atom is 0.243 e. The first-order chi connectivity index (χ1) is 15.9. The summed E-state index contributed by atoms with van der Waals surface area (Å²) in [6.07, 6.45) is 1.01. The van der Waals surface area contributed by atoms with Crippen molar-refractivity contribution in [3.8, 4) is 0 Å². The summed E-state index contributed by atoms with van der Waals surface area (Å²) in [4.78, 5) is 13.6. The maximum absolute atomic E-state index is 13.3. The van der Waals surface area contributed by atoms with E-state index in [0.717, 1.165) is 22.3 Å². The van der Waals surface area contributed by atoms with Crippen molar-refractivity contribution in [3.05, 3.63) is 101 Å². The fraction of sp³-hybridized carbons (Fsp3) is 0.296. The number of rotatable bonds is 6. The minimum Gasteiger partial charge on any atom is -0.345 e. The summed E-state index contributed by atoms with van der Waals surface area (Å²) in [5, 5.41) is 3.24. The topological polar surface area (TPSA) is 66.5 Å². The minimum atomic E-state index is -3.54. The van der Waals surface area contributed by atoms with Gasteiger partial charge in [0, 0.05) is 19.0 Å². The molecule has 0 aliphatic carbocycles. The molecule has 5 nitrogen and oxygen atoms in total. The van der Waals surface area contributed by atoms with E-state index >= 15 is 0 Å². The van der Waals surface area contributed by atoms with Crippen molar-refractivity contribution in [2.24, 2.45) is 5.92 Å². The molecule has 0 unspecified atom stereocenters. The van der Waals surface area contributed by atoms with Gasteiger partial charge in [-0.3, -0.25) is 4.79 Å². The third kappa shape index (κ3) is 5.18. The number of sulfonamides is 1. The Morgan fingerprint density at radius 2 is 1.48 bits per heavy atom. The normalized spacial score (nSPS) is 16.3. The Kier molecular flexibility index (Phi) is 6.96. The highest BCUT2D eigenvalue weighted by molar-refractivity contribution is 7.89. The molecule has 0 aromatic heterocycles. The molecule has 172 valence electrons. The molecule has 1 heterocycles. The molecule has 0 bridgehead atoms. The van der Waals surface area contributed by atoms with Crippen LogP contribution in [0.3, 0.4) is 0 Å². The van der Waals surface area contributed by atoms with Crippen LogP contribution in [-0.4, -0.2) is 31.7 Å². The highest BCUT2D eigenvalue weighted by atomic mass is 32.2. The van der Waals surface area contributed by atoms with Crippen molar-refractivity contribution in [2.75, 3.05) is 13.1 Å². The molecule has 1 saturated heterocycles. The van der Waals surface area contributed by atoms with Gasteiger partial charge in [0.1, 0.15) is 0 Å². The van der Waals surface area contributed by atoms with Crippen LogP contribution in [0.15, 0.2) is 83.8 Å². The van der Waals surface area contributed by atoms with Crippen LogP contribution in [0.1, 0.15) is 41.1 Å². The highest BCUT2D eigenvalue weighted by Crippen LogP contribution is 2.28. The average Bonchev–Trinajstić information content (AvgIpc) is 2.84. The zero-order valence-electron chi connectivity index (χ0n) is 19.1. The van der Waals surface area contributed by atoms with Crippen LogP contribution in [0.4, 0.5) is 0 Å². The van der Waals surface area contributed by atoms with E-state index < -0.39 is 10.0 Å². The summed E-state index contributed by atoms with van der Waals surface area (Å²) in [6.45, 7) is 4.66. The Bertz CT molecular complexity index is 1200. The lowest BCUT2D eigenvalue weighted by Gasteiger charge is -2.32. The van der Waals surface area contributed by atoms with Crippen LogP contribution >= 0.6 is 0 Å². The smallest absolute Gasteiger partial charge is 0.243 e. The van der Waals surface area contributed by atoms with Crippen LogP contribution < -0.4 is 5.32 Å². The molecule has 1 N–H and O–H groups in total. The molecule has 0 radical (unpaired) electrons. The van der Waals surface area contributed by atoms with E-state index in [4.69, 9.17) is 0 Å². The number of hydrogen-bond acceptors (Lipinski definition) is 3. The summed E-state index contributed by atoms with van der Waals surface area (Å²) in [6, 6.07) is 24.7. The van der Waals surface area contributed by atoms with Crippen LogP contribution in [0.25, 0.3) is 0 Å². The van der Waals surface area contributed by atoms with E-state index in [2.05, 4.69) is 5.32 Å². The third-order valence-electron chi connectivity index (χ3n) is 6.40. The third-order valence-corrected chi connectivity index (χ3v) is 8.32. The molecule has 3 aromatic rings. The molecule has 4 rings (SSSR count). The predicted molar refractivity (Wildman–Crippen MR) is 130 cm³/mol. The van der Waals surface area contributed by atoms with Gasteiger partial charge in [-0.15, -0.1) is 0 Å². The summed E-state index contributed by atoms with van der Waals surface area (Å²) in [5.74, 6) is -0.246. The average molecular weight is 463 g/mol. The number of piperidine rings is 1. The minimum absolute atomic E-state index is 0.0283. The Balaban J connectivity index is 1.46. The zero-order valence-corrected chi connectivity index (χ0v) is 19.9. The van der Waals surface area contributed by atoms with Gasteiger partial charge in [0.2, 0.25) is 15.9 Å². The molecular weight excluding hydrogens is 432 g/mol. The van der Waals surface area contributed by atoms with Gasteiger partial charge in [0.15, 0.2) is 0 Å². The van der Waals surface area contributed by atoms with E-state index in [1.165, 1.54) is 4.31 Å². The molecule has 1 fully saturated rings. The molecule has 0 saturated carbocycles. The second-order valence-corrected chi connectivity index (χ2v) is 10.6. The summed E-state index contributed by atoms with van der Waals surface area (Å²) in [5.41, 5.74) is 4.23. The Morgan fingerprint density at radius 1 is 0.879 bits per heavy atom. The Morgan fingerprint density at radius 3 is 2.12 bits per heavy atom. The van der Waals surface area contributed by atoms with Gasteiger partial charge in [-0.05, 0) is 55.5 Å². The number of nitrogens with zero attached hydrogens (tertiary/aromatic N) is 1. The van der Waals surface area contributed by atoms with E-state index in [1.54, 1.807) is 12.1 Å². The van der Waals surface area contributed by atoms with Gasteiger partial charge in [-0.25, -0.2) is 8.42 Å². The Labute approximate surface area is 196 Å². The van der Waals surface area contributed by atoms with E-state index in [9.17, 15) is 13.2 Å². The molecule has 1 amide bonds. The number of nitrogens with one attached hydrogen (secondary N) is 1. The first-order valence-corrected chi connectivity index (χ1v) is 12.8. The molecule has 33 heavy (non-hydrogen) atoms. The van der Waals surface area contributed by atoms with Gasteiger partial charge in [-0.2, -0.15) is 4.31 Å².